The lowest BCUT2D eigenvalue weighted by molar-refractivity contribution is 0.0630. The van der Waals surface area contributed by atoms with Gasteiger partial charge >= 0.3 is 0 Å². The van der Waals surface area contributed by atoms with E-state index in [1.54, 1.807) is 0 Å². The zero-order valence-corrected chi connectivity index (χ0v) is 15.2. The summed E-state index contributed by atoms with van der Waals surface area (Å²) in [4.78, 5) is 2.76. The van der Waals surface area contributed by atoms with Gasteiger partial charge in [0.05, 0.1) is 0 Å². The fraction of sp³-hybridized carbons (Fsp3) is 1.00. The monoisotopic (exact) mass is 294 g/mol. The van der Waals surface area contributed by atoms with Gasteiger partial charge in [-0.1, -0.05) is 26.7 Å². The Kier molecular flexibility index (Phi) is 5.76. The number of nitrogens with one attached hydrogen (secondary N) is 1. The fourth-order valence-electron chi connectivity index (χ4n) is 3.91. The van der Waals surface area contributed by atoms with Crippen molar-refractivity contribution in [2.24, 2.45) is 17.3 Å². The summed E-state index contributed by atoms with van der Waals surface area (Å²) in [5, 5.41) is 3.82. The second-order valence-electron chi connectivity index (χ2n) is 9.24. The van der Waals surface area contributed by atoms with Crippen LogP contribution in [0.25, 0.3) is 0 Å². The highest BCUT2D eigenvalue weighted by Gasteiger charge is 2.37. The number of piperidine rings is 1. The van der Waals surface area contributed by atoms with E-state index in [1.807, 2.05) is 0 Å². The van der Waals surface area contributed by atoms with Crippen LogP contribution in [0.5, 0.6) is 0 Å². The van der Waals surface area contributed by atoms with Gasteiger partial charge < -0.3 is 10.2 Å². The summed E-state index contributed by atoms with van der Waals surface area (Å²) < 4.78 is 0. The molecule has 0 aromatic rings. The third-order valence-corrected chi connectivity index (χ3v) is 5.76. The summed E-state index contributed by atoms with van der Waals surface area (Å²) in [6.45, 7) is 16.9. The Hall–Kier alpha value is -0.0800. The van der Waals surface area contributed by atoms with Crippen LogP contribution >= 0.6 is 0 Å². The molecule has 1 saturated carbocycles. The van der Waals surface area contributed by atoms with E-state index in [-0.39, 0.29) is 5.54 Å². The third kappa shape index (κ3) is 5.56. The van der Waals surface area contributed by atoms with Crippen LogP contribution < -0.4 is 5.32 Å². The molecule has 1 aliphatic heterocycles. The van der Waals surface area contributed by atoms with Crippen LogP contribution in [-0.2, 0) is 0 Å². The van der Waals surface area contributed by atoms with E-state index in [4.69, 9.17) is 0 Å². The molecule has 21 heavy (non-hydrogen) atoms. The van der Waals surface area contributed by atoms with E-state index in [2.05, 4.69) is 44.8 Å². The van der Waals surface area contributed by atoms with Crippen molar-refractivity contribution in [3.63, 3.8) is 0 Å². The maximum absolute atomic E-state index is 3.82. The Morgan fingerprint density at radius 1 is 0.952 bits per heavy atom. The molecule has 124 valence electrons. The summed E-state index contributed by atoms with van der Waals surface area (Å²) in [6.07, 6.45) is 8.50. The van der Waals surface area contributed by atoms with Gasteiger partial charge in [0.2, 0.25) is 0 Å². The molecule has 0 atom stereocenters. The lowest BCUT2D eigenvalue weighted by atomic mass is 9.70. The second-order valence-corrected chi connectivity index (χ2v) is 9.24. The second kappa shape index (κ2) is 7.00. The third-order valence-electron chi connectivity index (χ3n) is 5.76. The summed E-state index contributed by atoms with van der Waals surface area (Å²) in [6, 6.07) is 0. The normalized spacial score (nSPS) is 33.3. The van der Waals surface area contributed by atoms with Crippen molar-refractivity contribution >= 4 is 0 Å². The quantitative estimate of drug-likeness (QED) is 0.831. The van der Waals surface area contributed by atoms with Gasteiger partial charge in [0.15, 0.2) is 0 Å². The fourth-order valence-corrected chi connectivity index (χ4v) is 3.91. The zero-order valence-electron chi connectivity index (χ0n) is 15.2. The van der Waals surface area contributed by atoms with E-state index in [0.29, 0.717) is 5.41 Å². The largest absolute Gasteiger partial charge is 0.311 e. The summed E-state index contributed by atoms with van der Waals surface area (Å²) in [5.41, 5.74) is 0.771. The van der Waals surface area contributed by atoms with Crippen molar-refractivity contribution in [3.05, 3.63) is 0 Å². The van der Waals surface area contributed by atoms with Gasteiger partial charge in [0, 0.05) is 18.6 Å². The van der Waals surface area contributed by atoms with Gasteiger partial charge in [-0.05, 0) is 76.8 Å². The van der Waals surface area contributed by atoms with Crippen LogP contribution in [-0.4, -0.2) is 36.6 Å². The topological polar surface area (TPSA) is 15.3 Å². The summed E-state index contributed by atoms with van der Waals surface area (Å²) >= 11 is 0. The summed E-state index contributed by atoms with van der Waals surface area (Å²) in [7, 11) is 0. The Bertz CT molecular complexity index is 302. The molecule has 1 N–H and O–H groups in total. The maximum atomic E-state index is 3.82. The first-order chi connectivity index (χ1) is 9.78. The van der Waals surface area contributed by atoms with Crippen molar-refractivity contribution < 1.29 is 0 Å². The predicted molar refractivity (Wildman–Crippen MR) is 92.7 cm³/mol. The molecule has 0 radical (unpaired) electrons. The smallest absolute Gasteiger partial charge is 0.00967 e. The molecule has 2 aliphatic rings. The Balaban J connectivity index is 1.95. The van der Waals surface area contributed by atoms with Gasteiger partial charge in [-0.25, -0.2) is 0 Å². The van der Waals surface area contributed by atoms with Crippen LogP contribution in [0.15, 0.2) is 0 Å². The molecule has 0 unspecified atom stereocenters. The average Bonchev–Trinajstić information content (AvgIpc) is 2.42. The van der Waals surface area contributed by atoms with E-state index in [0.717, 1.165) is 11.8 Å². The van der Waals surface area contributed by atoms with Crippen LogP contribution in [0.1, 0.15) is 73.1 Å². The Morgan fingerprint density at radius 3 is 2.00 bits per heavy atom. The number of hydrogen-bond acceptors (Lipinski definition) is 2. The number of likely N-dealkylation sites (tertiary alicyclic amines) is 1. The molecule has 2 rings (SSSR count). The molecule has 2 fully saturated rings. The van der Waals surface area contributed by atoms with Gasteiger partial charge in [0.1, 0.15) is 0 Å². The Labute approximate surface area is 133 Å². The number of hydrogen-bond donors (Lipinski definition) is 1. The first-order valence-electron chi connectivity index (χ1n) is 9.25. The lowest BCUT2D eigenvalue weighted by Crippen LogP contribution is -2.51. The highest BCUT2D eigenvalue weighted by Crippen LogP contribution is 2.40. The molecule has 2 nitrogen and oxygen atoms in total. The minimum Gasteiger partial charge on any atom is -0.311 e. The average molecular weight is 295 g/mol. The van der Waals surface area contributed by atoms with Gasteiger partial charge in [0.25, 0.3) is 0 Å². The standard InChI is InChI=1S/C19H38N2/c1-16-6-10-19(11-7-16,14-20-18(3,4)5)15-21-12-8-17(2)9-13-21/h16-17,20H,6-15H2,1-5H3. The minimum atomic E-state index is 0.243. The van der Waals surface area contributed by atoms with Gasteiger partial charge in [-0.2, -0.15) is 0 Å². The van der Waals surface area contributed by atoms with Crippen LogP contribution in [0, 0.1) is 17.3 Å². The molecule has 0 aromatic heterocycles. The molecule has 0 aromatic carbocycles. The van der Waals surface area contributed by atoms with Crippen LogP contribution in [0.4, 0.5) is 0 Å². The first-order valence-corrected chi connectivity index (χ1v) is 9.25. The predicted octanol–water partition coefficient (Wildman–Crippen LogP) is 4.30. The highest BCUT2D eigenvalue weighted by molar-refractivity contribution is 4.91. The molecule has 2 heteroatoms. The molecule has 0 amide bonds. The summed E-state index contributed by atoms with van der Waals surface area (Å²) in [5.74, 6) is 1.88. The van der Waals surface area contributed by atoms with Crippen molar-refractivity contribution in [3.8, 4) is 0 Å². The molecule has 1 heterocycles. The molecular formula is C19H38N2. The molecular weight excluding hydrogens is 256 g/mol. The molecule has 1 saturated heterocycles. The number of nitrogens with zero attached hydrogens (tertiary/aromatic N) is 1. The van der Waals surface area contributed by atoms with Crippen molar-refractivity contribution in [1.29, 1.82) is 0 Å². The van der Waals surface area contributed by atoms with E-state index >= 15 is 0 Å². The minimum absolute atomic E-state index is 0.243. The number of rotatable bonds is 4. The Morgan fingerprint density at radius 2 is 1.48 bits per heavy atom. The van der Waals surface area contributed by atoms with Crippen LogP contribution in [0.3, 0.4) is 0 Å². The van der Waals surface area contributed by atoms with Crippen molar-refractivity contribution in [2.75, 3.05) is 26.2 Å². The molecule has 1 aliphatic carbocycles. The van der Waals surface area contributed by atoms with Crippen molar-refractivity contribution in [1.82, 2.24) is 10.2 Å². The lowest BCUT2D eigenvalue weighted by Gasteiger charge is -2.45. The van der Waals surface area contributed by atoms with Gasteiger partial charge in [-0.15, -0.1) is 0 Å². The van der Waals surface area contributed by atoms with Crippen LogP contribution in [0.2, 0.25) is 0 Å². The highest BCUT2D eigenvalue weighted by atomic mass is 15.1. The SMILES string of the molecule is CC1CCN(CC2(CNC(C)(C)C)CCC(C)CC2)CC1. The van der Waals surface area contributed by atoms with E-state index in [9.17, 15) is 0 Å². The molecule has 0 bridgehead atoms. The first kappa shape index (κ1) is 17.3. The molecule has 0 spiro atoms. The van der Waals surface area contributed by atoms with Crippen molar-refractivity contribution in [2.45, 2.75) is 78.7 Å². The van der Waals surface area contributed by atoms with E-state index < -0.39 is 0 Å². The van der Waals surface area contributed by atoms with E-state index in [1.165, 1.54) is 64.7 Å². The maximum Gasteiger partial charge on any atom is 0.00967 e. The van der Waals surface area contributed by atoms with Gasteiger partial charge in [-0.3, -0.25) is 0 Å². The zero-order chi connectivity index (χ0) is 15.5.